The van der Waals surface area contributed by atoms with Crippen LogP contribution in [0.5, 0.6) is 0 Å². The van der Waals surface area contributed by atoms with Gasteiger partial charge in [-0.1, -0.05) is 20.3 Å². The standard InChI is InChI=1S/C15H26N4O/c1-3-6-13-14(16-8-4-2)17-11-18-15(13)19-9-5-7-12(20)10-19/h11-12,20H,3-10H2,1-2H3,(H,16,17,18). The topological polar surface area (TPSA) is 61.3 Å². The summed E-state index contributed by atoms with van der Waals surface area (Å²) in [7, 11) is 0. The summed E-state index contributed by atoms with van der Waals surface area (Å²) in [5.41, 5.74) is 1.19. The Balaban J connectivity index is 2.25. The Morgan fingerprint density at radius 1 is 1.35 bits per heavy atom. The van der Waals surface area contributed by atoms with Gasteiger partial charge in [0.25, 0.3) is 0 Å². The fourth-order valence-corrected chi connectivity index (χ4v) is 2.70. The van der Waals surface area contributed by atoms with Gasteiger partial charge < -0.3 is 15.3 Å². The highest BCUT2D eigenvalue weighted by Gasteiger charge is 2.22. The molecular weight excluding hydrogens is 252 g/mol. The van der Waals surface area contributed by atoms with Crippen molar-refractivity contribution in [1.82, 2.24) is 9.97 Å². The van der Waals surface area contributed by atoms with Crippen LogP contribution in [-0.2, 0) is 6.42 Å². The van der Waals surface area contributed by atoms with Crippen molar-refractivity contribution in [3.63, 3.8) is 0 Å². The van der Waals surface area contributed by atoms with Crippen molar-refractivity contribution in [1.29, 1.82) is 0 Å². The number of nitrogens with zero attached hydrogens (tertiary/aromatic N) is 3. The largest absolute Gasteiger partial charge is 0.391 e. The number of anilines is 2. The average Bonchev–Trinajstić information content (AvgIpc) is 2.46. The third kappa shape index (κ3) is 3.60. The molecular formula is C15H26N4O. The van der Waals surface area contributed by atoms with Gasteiger partial charge in [0, 0.05) is 25.2 Å². The predicted octanol–water partition coefficient (Wildman–Crippen LogP) is 2.21. The Bertz CT molecular complexity index is 424. The lowest BCUT2D eigenvalue weighted by atomic mass is 10.1. The van der Waals surface area contributed by atoms with Gasteiger partial charge in [-0.05, 0) is 25.7 Å². The van der Waals surface area contributed by atoms with E-state index in [1.165, 1.54) is 5.56 Å². The molecule has 1 saturated heterocycles. The van der Waals surface area contributed by atoms with Gasteiger partial charge in [-0.3, -0.25) is 0 Å². The van der Waals surface area contributed by atoms with E-state index in [1.54, 1.807) is 6.33 Å². The smallest absolute Gasteiger partial charge is 0.137 e. The quantitative estimate of drug-likeness (QED) is 0.835. The van der Waals surface area contributed by atoms with Crippen molar-refractivity contribution >= 4 is 11.6 Å². The van der Waals surface area contributed by atoms with Crippen LogP contribution in [0.3, 0.4) is 0 Å². The molecule has 2 heterocycles. The van der Waals surface area contributed by atoms with Crippen LogP contribution in [0.4, 0.5) is 11.6 Å². The lowest BCUT2D eigenvalue weighted by Gasteiger charge is -2.32. The highest BCUT2D eigenvalue weighted by Crippen LogP contribution is 2.27. The van der Waals surface area contributed by atoms with Crippen LogP contribution in [0.2, 0.25) is 0 Å². The molecule has 1 aliphatic rings. The van der Waals surface area contributed by atoms with E-state index >= 15 is 0 Å². The summed E-state index contributed by atoms with van der Waals surface area (Å²) < 4.78 is 0. The number of hydrogen-bond acceptors (Lipinski definition) is 5. The maximum atomic E-state index is 9.87. The summed E-state index contributed by atoms with van der Waals surface area (Å²) in [6.07, 6.45) is 6.42. The zero-order valence-corrected chi connectivity index (χ0v) is 12.6. The number of aromatic nitrogens is 2. The van der Waals surface area contributed by atoms with E-state index in [4.69, 9.17) is 0 Å². The molecule has 0 radical (unpaired) electrons. The first-order chi connectivity index (χ1) is 9.76. The molecule has 0 aliphatic carbocycles. The number of rotatable bonds is 6. The maximum Gasteiger partial charge on any atom is 0.137 e. The first-order valence-corrected chi connectivity index (χ1v) is 7.77. The monoisotopic (exact) mass is 278 g/mol. The van der Waals surface area contributed by atoms with E-state index in [0.29, 0.717) is 6.54 Å². The van der Waals surface area contributed by atoms with Crippen LogP contribution in [0, 0.1) is 0 Å². The Kier molecular flexibility index (Phi) is 5.59. The molecule has 0 saturated carbocycles. The lowest BCUT2D eigenvalue weighted by molar-refractivity contribution is 0.154. The fourth-order valence-electron chi connectivity index (χ4n) is 2.70. The van der Waals surface area contributed by atoms with Crippen LogP contribution < -0.4 is 10.2 Å². The minimum atomic E-state index is -0.236. The molecule has 112 valence electrons. The molecule has 2 N–H and O–H groups in total. The van der Waals surface area contributed by atoms with E-state index in [0.717, 1.165) is 56.8 Å². The fraction of sp³-hybridized carbons (Fsp3) is 0.733. The molecule has 2 rings (SSSR count). The van der Waals surface area contributed by atoms with Crippen molar-refractivity contribution in [3.8, 4) is 0 Å². The Hall–Kier alpha value is -1.36. The zero-order valence-electron chi connectivity index (χ0n) is 12.6. The van der Waals surface area contributed by atoms with Crippen LogP contribution in [0.1, 0.15) is 45.1 Å². The normalized spacial score (nSPS) is 19.1. The molecule has 0 bridgehead atoms. The van der Waals surface area contributed by atoms with E-state index < -0.39 is 0 Å². The first kappa shape index (κ1) is 15.0. The van der Waals surface area contributed by atoms with Crippen LogP contribution in [0.25, 0.3) is 0 Å². The molecule has 1 atom stereocenters. The van der Waals surface area contributed by atoms with Gasteiger partial charge in [0.05, 0.1) is 6.10 Å². The minimum Gasteiger partial charge on any atom is -0.391 e. The van der Waals surface area contributed by atoms with Crippen LogP contribution in [-0.4, -0.2) is 40.8 Å². The Morgan fingerprint density at radius 2 is 2.20 bits per heavy atom. The van der Waals surface area contributed by atoms with E-state index in [9.17, 15) is 5.11 Å². The predicted molar refractivity (Wildman–Crippen MR) is 82.3 cm³/mol. The Labute approximate surface area is 121 Å². The summed E-state index contributed by atoms with van der Waals surface area (Å²) in [5.74, 6) is 1.96. The molecule has 0 spiro atoms. The molecule has 5 heteroatoms. The molecule has 0 aromatic carbocycles. The second kappa shape index (κ2) is 7.43. The number of aliphatic hydroxyl groups excluding tert-OH is 1. The average molecular weight is 278 g/mol. The van der Waals surface area contributed by atoms with Gasteiger partial charge in [-0.15, -0.1) is 0 Å². The molecule has 1 aliphatic heterocycles. The first-order valence-electron chi connectivity index (χ1n) is 7.77. The molecule has 20 heavy (non-hydrogen) atoms. The van der Waals surface area contributed by atoms with Gasteiger partial charge in [0.2, 0.25) is 0 Å². The van der Waals surface area contributed by atoms with Crippen molar-refractivity contribution in [2.75, 3.05) is 29.9 Å². The molecule has 1 aromatic heterocycles. The minimum absolute atomic E-state index is 0.236. The molecule has 1 unspecified atom stereocenters. The highest BCUT2D eigenvalue weighted by molar-refractivity contribution is 5.59. The number of β-amino-alcohol motifs (C(OH)–C–C–N with tert-alkyl or cyclic N) is 1. The second-order valence-electron chi connectivity index (χ2n) is 5.44. The number of nitrogens with one attached hydrogen (secondary N) is 1. The number of piperidine rings is 1. The van der Waals surface area contributed by atoms with Gasteiger partial charge in [0.15, 0.2) is 0 Å². The van der Waals surface area contributed by atoms with E-state index in [1.807, 2.05) is 0 Å². The zero-order chi connectivity index (χ0) is 14.4. The van der Waals surface area contributed by atoms with E-state index in [2.05, 4.69) is 34.0 Å². The van der Waals surface area contributed by atoms with Crippen LogP contribution in [0.15, 0.2) is 6.33 Å². The number of aliphatic hydroxyl groups is 1. The highest BCUT2D eigenvalue weighted by atomic mass is 16.3. The van der Waals surface area contributed by atoms with Crippen molar-refractivity contribution in [2.45, 2.75) is 52.1 Å². The summed E-state index contributed by atoms with van der Waals surface area (Å²) in [6, 6.07) is 0. The third-order valence-electron chi connectivity index (χ3n) is 3.66. The summed E-state index contributed by atoms with van der Waals surface area (Å²) >= 11 is 0. The maximum absolute atomic E-state index is 9.87. The summed E-state index contributed by atoms with van der Waals surface area (Å²) in [6.45, 7) is 6.90. The van der Waals surface area contributed by atoms with E-state index in [-0.39, 0.29) is 6.10 Å². The van der Waals surface area contributed by atoms with Crippen molar-refractivity contribution in [2.24, 2.45) is 0 Å². The molecule has 1 aromatic rings. The number of hydrogen-bond donors (Lipinski definition) is 2. The molecule has 0 amide bonds. The summed E-state index contributed by atoms with van der Waals surface area (Å²) in [4.78, 5) is 11.1. The SMILES string of the molecule is CCCNc1ncnc(N2CCCC(O)C2)c1CCC. The van der Waals surface area contributed by atoms with Gasteiger partial charge in [-0.2, -0.15) is 0 Å². The second-order valence-corrected chi connectivity index (χ2v) is 5.44. The molecule has 5 nitrogen and oxygen atoms in total. The van der Waals surface area contributed by atoms with Crippen molar-refractivity contribution in [3.05, 3.63) is 11.9 Å². The van der Waals surface area contributed by atoms with Crippen LogP contribution >= 0.6 is 0 Å². The molecule has 1 fully saturated rings. The summed E-state index contributed by atoms with van der Waals surface area (Å²) in [5, 5.41) is 13.3. The lowest BCUT2D eigenvalue weighted by Crippen LogP contribution is -2.39. The van der Waals surface area contributed by atoms with Gasteiger partial charge in [0.1, 0.15) is 18.0 Å². The van der Waals surface area contributed by atoms with Crippen molar-refractivity contribution < 1.29 is 5.11 Å². The van der Waals surface area contributed by atoms with Gasteiger partial charge in [-0.25, -0.2) is 9.97 Å². The van der Waals surface area contributed by atoms with Gasteiger partial charge >= 0.3 is 0 Å². The third-order valence-corrected chi connectivity index (χ3v) is 3.66. The Morgan fingerprint density at radius 3 is 2.90 bits per heavy atom.